The summed E-state index contributed by atoms with van der Waals surface area (Å²) < 4.78 is 2.41. The average molecular weight is 298 g/mol. The zero-order valence-corrected chi connectivity index (χ0v) is 11.8. The zero-order chi connectivity index (χ0) is 11.7. The van der Waals surface area contributed by atoms with Gasteiger partial charge in [-0.15, -0.1) is 10.2 Å². The predicted molar refractivity (Wildman–Crippen MR) is 71.2 cm³/mol. The second kappa shape index (κ2) is 5.09. The maximum atomic E-state index is 4.43. The molecule has 1 aromatic heterocycles. The van der Waals surface area contributed by atoms with E-state index in [0.29, 0.717) is 6.04 Å². The normalized spacial score (nSPS) is 21.9. The summed E-state index contributed by atoms with van der Waals surface area (Å²) in [7, 11) is 0. The van der Waals surface area contributed by atoms with E-state index in [1.54, 1.807) is 0 Å². The Labute approximate surface area is 111 Å². The SMILES string of the molecule is BrCc1nnc(CC2CCCCC2)n1C1CC1. The molecule has 1 heterocycles. The second-order valence-corrected chi connectivity index (χ2v) is 6.04. The molecule has 0 atom stereocenters. The molecule has 0 bridgehead atoms. The van der Waals surface area contributed by atoms with Crippen molar-refractivity contribution in [2.24, 2.45) is 5.92 Å². The molecule has 3 nitrogen and oxygen atoms in total. The molecular weight excluding hydrogens is 278 g/mol. The molecular formula is C13H20BrN3. The molecule has 0 aromatic carbocycles. The van der Waals surface area contributed by atoms with Gasteiger partial charge in [-0.25, -0.2) is 0 Å². The van der Waals surface area contributed by atoms with Gasteiger partial charge in [-0.2, -0.15) is 0 Å². The highest BCUT2D eigenvalue weighted by atomic mass is 79.9. The first-order valence-electron chi connectivity index (χ1n) is 6.87. The van der Waals surface area contributed by atoms with E-state index in [-0.39, 0.29) is 0 Å². The maximum Gasteiger partial charge on any atom is 0.143 e. The molecule has 0 spiro atoms. The van der Waals surface area contributed by atoms with Gasteiger partial charge < -0.3 is 4.57 Å². The molecule has 2 aliphatic rings. The lowest BCUT2D eigenvalue weighted by atomic mass is 9.87. The first kappa shape index (κ1) is 11.7. The van der Waals surface area contributed by atoms with Crippen LogP contribution in [0.1, 0.15) is 62.6 Å². The number of alkyl halides is 1. The Balaban J connectivity index is 1.74. The first-order valence-corrected chi connectivity index (χ1v) is 7.99. The first-order chi connectivity index (χ1) is 8.38. The van der Waals surface area contributed by atoms with E-state index in [1.165, 1.54) is 50.8 Å². The van der Waals surface area contributed by atoms with Crippen LogP contribution in [0.4, 0.5) is 0 Å². The van der Waals surface area contributed by atoms with Crippen LogP contribution in [0.25, 0.3) is 0 Å². The Morgan fingerprint density at radius 3 is 2.35 bits per heavy atom. The van der Waals surface area contributed by atoms with Crippen molar-refractivity contribution in [3.05, 3.63) is 11.6 Å². The molecule has 3 rings (SSSR count). The molecule has 4 heteroatoms. The van der Waals surface area contributed by atoms with Gasteiger partial charge in [-0.05, 0) is 18.8 Å². The standard InChI is InChI=1S/C13H20BrN3/c14-9-13-16-15-12(17(13)11-6-7-11)8-10-4-2-1-3-5-10/h10-11H,1-9H2. The van der Waals surface area contributed by atoms with Gasteiger partial charge in [0.2, 0.25) is 0 Å². The van der Waals surface area contributed by atoms with Crippen LogP contribution in [-0.2, 0) is 11.8 Å². The van der Waals surface area contributed by atoms with E-state index in [2.05, 4.69) is 30.7 Å². The fourth-order valence-electron chi connectivity index (χ4n) is 2.99. The Kier molecular flexibility index (Phi) is 3.50. The summed E-state index contributed by atoms with van der Waals surface area (Å²) in [5, 5.41) is 9.59. The van der Waals surface area contributed by atoms with Crippen LogP contribution in [0.2, 0.25) is 0 Å². The molecule has 94 valence electrons. The quantitative estimate of drug-likeness (QED) is 0.795. The molecule has 0 unspecified atom stereocenters. The lowest BCUT2D eigenvalue weighted by Gasteiger charge is -2.21. The van der Waals surface area contributed by atoms with Gasteiger partial charge in [0.25, 0.3) is 0 Å². The number of aromatic nitrogens is 3. The predicted octanol–water partition coefficient (Wildman–Crippen LogP) is 3.63. The highest BCUT2D eigenvalue weighted by Crippen LogP contribution is 2.38. The van der Waals surface area contributed by atoms with Gasteiger partial charge in [-0.3, -0.25) is 0 Å². The molecule has 2 aliphatic carbocycles. The third-order valence-corrected chi connectivity index (χ3v) is 4.57. The highest BCUT2D eigenvalue weighted by Gasteiger charge is 2.29. The van der Waals surface area contributed by atoms with Gasteiger partial charge in [0.05, 0.1) is 5.33 Å². The number of halogens is 1. The summed E-state index contributed by atoms with van der Waals surface area (Å²) in [5.74, 6) is 3.22. The van der Waals surface area contributed by atoms with E-state index in [9.17, 15) is 0 Å². The number of hydrogen-bond donors (Lipinski definition) is 0. The van der Waals surface area contributed by atoms with Crippen molar-refractivity contribution >= 4 is 15.9 Å². The van der Waals surface area contributed by atoms with Crippen molar-refractivity contribution in [1.82, 2.24) is 14.8 Å². The van der Waals surface area contributed by atoms with Crippen LogP contribution in [0.3, 0.4) is 0 Å². The summed E-state index contributed by atoms with van der Waals surface area (Å²) in [6.45, 7) is 0. The van der Waals surface area contributed by atoms with Crippen LogP contribution in [0.5, 0.6) is 0 Å². The average Bonchev–Trinajstić information content (AvgIpc) is 3.13. The minimum absolute atomic E-state index is 0.705. The van der Waals surface area contributed by atoms with Crippen molar-refractivity contribution in [3.8, 4) is 0 Å². The summed E-state index contributed by atoms with van der Waals surface area (Å²) in [5.41, 5.74) is 0. The Morgan fingerprint density at radius 1 is 1.00 bits per heavy atom. The third kappa shape index (κ3) is 2.56. The monoisotopic (exact) mass is 297 g/mol. The molecule has 0 aliphatic heterocycles. The zero-order valence-electron chi connectivity index (χ0n) is 10.2. The Morgan fingerprint density at radius 2 is 1.71 bits per heavy atom. The van der Waals surface area contributed by atoms with E-state index in [4.69, 9.17) is 0 Å². The lowest BCUT2D eigenvalue weighted by Crippen LogP contribution is -2.14. The molecule has 2 fully saturated rings. The van der Waals surface area contributed by atoms with Gasteiger partial charge >= 0.3 is 0 Å². The molecule has 17 heavy (non-hydrogen) atoms. The highest BCUT2D eigenvalue weighted by molar-refractivity contribution is 9.08. The van der Waals surface area contributed by atoms with Crippen LogP contribution in [0, 0.1) is 5.92 Å². The van der Waals surface area contributed by atoms with Crippen molar-refractivity contribution < 1.29 is 0 Å². The van der Waals surface area contributed by atoms with E-state index in [1.807, 2.05) is 0 Å². The third-order valence-electron chi connectivity index (χ3n) is 4.06. The van der Waals surface area contributed by atoms with Crippen molar-refractivity contribution in [1.29, 1.82) is 0 Å². The van der Waals surface area contributed by atoms with Crippen molar-refractivity contribution in [3.63, 3.8) is 0 Å². The number of hydrogen-bond acceptors (Lipinski definition) is 2. The molecule has 0 saturated heterocycles. The summed E-state index contributed by atoms with van der Waals surface area (Å²) >= 11 is 3.52. The van der Waals surface area contributed by atoms with Crippen LogP contribution in [-0.4, -0.2) is 14.8 Å². The second-order valence-electron chi connectivity index (χ2n) is 5.48. The van der Waals surface area contributed by atoms with E-state index in [0.717, 1.165) is 23.5 Å². The van der Waals surface area contributed by atoms with Gasteiger partial charge in [-0.1, -0.05) is 48.0 Å². The van der Waals surface area contributed by atoms with Crippen LogP contribution >= 0.6 is 15.9 Å². The van der Waals surface area contributed by atoms with Crippen molar-refractivity contribution in [2.75, 3.05) is 0 Å². The Bertz CT molecular complexity index is 378. The van der Waals surface area contributed by atoms with Gasteiger partial charge in [0.15, 0.2) is 0 Å². The number of rotatable bonds is 4. The molecule has 0 radical (unpaired) electrons. The van der Waals surface area contributed by atoms with Gasteiger partial charge in [0.1, 0.15) is 11.6 Å². The van der Waals surface area contributed by atoms with E-state index < -0.39 is 0 Å². The largest absolute Gasteiger partial charge is 0.311 e. The summed E-state index contributed by atoms with van der Waals surface area (Å²) in [4.78, 5) is 0. The lowest BCUT2D eigenvalue weighted by molar-refractivity contribution is 0.347. The topological polar surface area (TPSA) is 30.7 Å². The fourth-order valence-corrected chi connectivity index (χ4v) is 3.38. The van der Waals surface area contributed by atoms with Crippen LogP contribution in [0.15, 0.2) is 0 Å². The Hall–Kier alpha value is -0.380. The minimum Gasteiger partial charge on any atom is -0.311 e. The van der Waals surface area contributed by atoms with E-state index >= 15 is 0 Å². The van der Waals surface area contributed by atoms with Crippen molar-refractivity contribution in [2.45, 2.75) is 62.7 Å². The van der Waals surface area contributed by atoms with Crippen LogP contribution < -0.4 is 0 Å². The molecule has 0 amide bonds. The fraction of sp³-hybridized carbons (Fsp3) is 0.846. The molecule has 2 saturated carbocycles. The number of nitrogens with zero attached hydrogens (tertiary/aromatic N) is 3. The smallest absolute Gasteiger partial charge is 0.143 e. The minimum atomic E-state index is 0.705. The molecule has 1 aromatic rings. The van der Waals surface area contributed by atoms with Gasteiger partial charge in [0, 0.05) is 12.5 Å². The summed E-state index contributed by atoms with van der Waals surface area (Å²) in [6.07, 6.45) is 10.8. The maximum absolute atomic E-state index is 4.43. The molecule has 0 N–H and O–H groups in total. The summed E-state index contributed by atoms with van der Waals surface area (Å²) in [6, 6.07) is 0.705.